The molecular weight excluding hydrogens is 612 g/mol. The van der Waals surface area contributed by atoms with E-state index < -0.39 is 12.3 Å². The number of aromatic carboxylic acids is 1. The van der Waals surface area contributed by atoms with Gasteiger partial charge in [-0.05, 0) is 70.3 Å². The number of benzene rings is 4. The lowest BCUT2D eigenvalue weighted by molar-refractivity contribution is -0.245. The van der Waals surface area contributed by atoms with Crippen molar-refractivity contribution in [3.8, 4) is 11.1 Å². The van der Waals surface area contributed by atoms with Crippen LogP contribution in [0, 0.1) is 0 Å². The topological polar surface area (TPSA) is 118 Å². The van der Waals surface area contributed by atoms with E-state index in [-0.39, 0.29) is 30.3 Å². The zero-order chi connectivity index (χ0) is 32.6. The number of rotatable bonds is 11. The van der Waals surface area contributed by atoms with E-state index in [2.05, 4.69) is 16.4 Å². The number of ether oxygens (including phenoxy) is 2. The fourth-order valence-electron chi connectivity index (χ4n) is 5.38. The van der Waals surface area contributed by atoms with Crippen molar-refractivity contribution in [1.29, 1.82) is 0 Å². The van der Waals surface area contributed by atoms with Crippen LogP contribution in [0.25, 0.3) is 11.1 Å². The Kier molecular flexibility index (Phi) is 10.4. The Morgan fingerprint density at radius 3 is 2.28 bits per heavy atom. The van der Waals surface area contributed by atoms with Crippen LogP contribution in [0.4, 0.5) is 0 Å². The Bertz CT molecular complexity index is 1800. The van der Waals surface area contributed by atoms with E-state index in [9.17, 15) is 19.8 Å². The summed E-state index contributed by atoms with van der Waals surface area (Å²) in [6.45, 7) is 0.375. The lowest BCUT2D eigenvalue weighted by Gasteiger charge is -2.36. The number of aliphatic hydroxyl groups excluding tert-OH is 1. The van der Waals surface area contributed by atoms with Crippen LogP contribution in [0.1, 0.15) is 61.8 Å². The van der Waals surface area contributed by atoms with E-state index >= 15 is 0 Å². The SMILES string of the molecule is O=C(O)c1ccc(SC[C@H]2C[C@@H](c3ccc(CO)cc3)O[C@@H](c3ccc(-c4cccc(CNC(=O)c5cccnc5)c4)cc3)O2)cc1. The molecule has 4 aromatic carbocycles. The number of nitrogens with zero attached hydrogens (tertiary/aromatic N) is 1. The second kappa shape index (κ2) is 15.2. The highest BCUT2D eigenvalue weighted by atomic mass is 32.2. The number of hydrogen-bond donors (Lipinski definition) is 3. The molecule has 0 bridgehead atoms. The van der Waals surface area contributed by atoms with Crippen molar-refractivity contribution < 1.29 is 29.3 Å². The molecule has 6 rings (SSSR count). The summed E-state index contributed by atoms with van der Waals surface area (Å²) in [6, 6.07) is 34.3. The molecule has 238 valence electrons. The number of aromatic nitrogens is 1. The highest BCUT2D eigenvalue weighted by Gasteiger charge is 2.32. The quantitative estimate of drug-likeness (QED) is 0.129. The van der Waals surface area contributed by atoms with Crippen LogP contribution >= 0.6 is 11.8 Å². The highest BCUT2D eigenvalue weighted by Crippen LogP contribution is 2.40. The van der Waals surface area contributed by atoms with Gasteiger partial charge in [-0.1, -0.05) is 66.7 Å². The summed E-state index contributed by atoms with van der Waals surface area (Å²) >= 11 is 1.62. The minimum Gasteiger partial charge on any atom is -0.478 e. The number of hydrogen-bond acceptors (Lipinski definition) is 7. The third-order valence-electron chi connectivity index (χ3n) is 7.97. The van der Waals surface area contributed by atoms with Crippen molar-refractivity contribution in [3.63, 3.8) is 0 Å². The number of nitrogens with one attached hydrogen (secondary N) is 1. The number of carbonyl (C=O) groups excluding carboxylic acids is 1. The summed E-state index contributed by atoms with van der Waals surface area (Å²) in [5, 5.41) is 21.7. The summed E-state index contributed by atoms with van der Waals surface area (Å²) in [5.74, 6) is -0.452. The van der Waals surface area contributed by atoms with Crippen LogP contribution in [0.15, 0.2) is 126 Å². The molecule has 1 saturated heterocycles. The molecule has 47 heavy (non-hydrogen) atoms. The van der Waals surface area contributed by atoms with Gasteiger partial charge in [0, 0.05) is 41.6 Å². The average molecular weight is 647 g/mol. The zero-order valence-corrected chi connectivity index (χ0v) is 26.3. The van der Waals surface area contributed by atoms with E-state index in [1.54, 1.807) is 48.4 Å². The molecule has 0 saturated carbocycles. The maximum absolute atomic E-state index is 12.5. The summed E-state index contributed by atoms with van der Waals surface area (Å²) in [6.07, 6.45) is 2.91. The van der Waals surface area contributed by atoms with Gasteiger partial charge in [-0.2, -0.15) is 0 Å². The van der Waals surface area contributed by atoms with Crippen LogP contribution < -0.4 is 5.32 Å². The molecule has 0 aliphatic carbocycles. The molecule has 3 atom stereocenters. The first-order chi connectivity index (χ1) is 22.9. The minimum absolute atomic E-state index is 0.0211. The predicted molar refractivity (Wildman–Crippen MR) is 180 cm³/mol. The smallest absolute Gasteiger partial charge is 0.335 e. The number of carboxylic acids is 1. The van der Waals surface area contributed by atoms with Gasteiger partial charge in [-0.25, -0.2) is 4.79 Å². The lowest BCUT2D eigenvalue weighted by Crippen LogP contribution is -2.31. The van der Waals surface area contributed by atoms with Crippen LogP contribution in [0.2, 0.25) is 0 Å². The van der Waals surface area contributed by atoms with Crippen molar-refractivity contribution in [1.82, 2.24) is 10.3 Å². The number of aliphatic hydroxyl groups is 1. The second-order valence-electron chi connectivity index (χ2n) is 11.2. The summed E-state index contributed by atoms with van der Waals surface area (Å²) in [4.78, 5) is 28.7. The van der Waals surface area contributed by atoms with E-state index in [0.717, 1.165) is 38.3 Å². The molecule has 9 heteroatoms. The number of carbonyl (C=O) groups is 2. The molecule has 0 radical (unpaired) electrons. The first-order valence-electron chi connectivity index (χ1n) is 15.3. The van der Waals surface area contributed by atoms with Crippen LogP contribution in [0.3, 0.4) is 0 Å². The Morgan fingerprint density at radius 2 is 1.57 bits per heavy atom. The van der Waals surface area contributed by atoms with Gasteiger partial charge in [0.2, 0.25) is 0 Å². The molecule has 8 nitrogen and oxygen atoms in total. The van der Waals surface area contributed by atoms with Crippen molar-refractivity contribution in [2.75, 3.05) is 5.75 Å². The highest BCUT2D eigenvalue weighted by molar-refractivity contribution is 7.99. The van der Waals surface area contributed by atoms with Gasteiger partial charge in [0.1, 0.15) is 0 Å². The third kappa shape index (κ3) is 8.33. The lowest BCUT2D eigenvalue weighted by atomic mass is 9.99. The van der Waals surface area contributed by atoms with Gasteiger partial charge in [0.05, 0.1) is 29.9 Å². The Balaban J connectivity index is 1.15. The summed E-state index contributed by atoms with van der Waals surface area (Å²) in [5.41, 5.74) is 6.56. The van der Waals surface area contributed by atoms with Gasteiger partial charge in [0.25, 0.3) is 5.91 Å². The minimum atomic E-state index is -0.948. The molecule has 0 spiro atoms. The van der Waals surface area contributed by atoms with Crippen molar-refractivity contribution in [2.45, 2.75) is 43.0 Å². The van der Waals surface area contributed by atoms with E-state index in [1.165, 1.54) is 0 Å². The molecule has 2 heterocycles. The van der Waals surface area contributed by atoms with Gasteiger partial charge in [0.15, 0.2) is 6.29 Å². The molecule has 1 aromatic heterocycles. The summed E-state index contributed by atoms with van der Waals surface area (Å²) in [7, 11) is 0. The van der Waals surface area contributed by atoms with Crippen molar-refractivity contribution >= 4 is 23.6 Å². The molecule has 1 fully saturated rings. The molecule has 5 aromatic rings. The second-order valence-corrected chi connectivity index (χ2v) is 12.3. The first-order valence-corrected chi connectivity index (χ1v) is 16.3. The van der Waals surface area contributed by atoms with Gasteiger partial charge in [-0.15, -0.1) is 11.8 Å². The van der Waals surface area contributed by atoms with Crippen molar-refractivity contribution in [2.24, 2.45) is 0 Å². The zero-order valence-electron chi connectivity index (χ0n) is 25.5. The van der Waals surface area contributed by atoms with Gasteiger partial charge < -0.3 is 25.0 Å². The van der Waals surface area contributed by atoms with Crippen LogP contribution in [0.5, 0.6) is 0 Å². The third-order valence-corrected chi connectivity index (χ3v) is 9.12. The first kappa shape index (κ1) is 32.2. The van der Waals surface area contributed by atoms with Crippen molar-refractivity contribution in [3.05, 3.63) is 155 Å². The average Bonchev–Trinajstić information content (AvgIpc) is 3.13. The fraction of sp³-hybridized carbons (Fsp3) is 0.184. The number of pyridine rings is 1. The molecule has 0 unspecified atom stereocenters. The maximum atomic E-state index is 12.5. The number of carboxylic acid groups (broad SMARTS) is 1. The Hall–Kier alpha value is -4.80. The monoisotopic (exact) mass is 646 g/mol. The molecule has 1 aliphatic heterocycles. The number of thioether (sulfide) groups is 1. The molecular formula is C38H34N2O6S. The van der Waals surface area contributed by atoms with E-state index in [0.29, 0.717) is 24.3 Å². The summed E-state index contributed by atoms with van der Waals surface area (Å²) < 4.78 is 13.0. The van der Waals surface area contributed by atoms with Gasteiger partial charge in [-0.3, -0.25) is 9.78 Å². The molecule has 1 aliphatic rings. The normalized spacial score (nSPS) is 17.6. The number of amides is 1. The van der Waals surface area contributed by atoms with Crippen LogP contribution in [-0.4, -0.2) is 38.9 Å². The Morgan fingerprint density at radius 1 is 0.809 bits per heavy atom. The standard InChI is InChI=1S/C38H34N2O6S/c41-23-25-6-8-28(9-7-25)35-20-33(24-47-34-16-14-29(15-17-34)37(43)44)45-38(46-35)30-12-10-27(11-13-30)31-4-1-3-26(19-31)21-40-36(42)32-5-2-18-39-22-32/h1-19,22,33,35,38,41H,20-21,23-24H2,(H,40,42)(H,43,44)/t33-,35+,38+/m1/s1. The van der Waals surface area contributed by atoms with Crippen LogP contribution in [-0.2, 0) is 22.6 Å². The maximum Gasteiger partial charge on any atom is 0.335 e. The fourth-order valence-corrected chi connectivity index (χ4v) is 6.30. The predicted octanol–water partition coefficient (Wildman–Crippen LogP) is 7.21. The van der Waals surface area contributed by atoms with Gasteiger partial charge >= 0.3 is 5.97 Å². The molecule has 3 N–H and O–H groups in total. The Labute approximate surface area is 277 Å². The molecule has 1 amide bonds. The van der Waals surface area contributed by atoms with E-state index in [4.69, 9.17) is 9.47 Å². The largest absolute Gasteiger partial charge is 0.478 e. The van der Waals surface area contributed by atoms with E-state index in [1.807, 2.05) is 78.9 Å².